The Morgan fingerprint density at radius 1 is 1.21 bits per heavy atom. The topological polar surface area (TPSA) is 32.9 Å². The minimum atomic E-state index is 0.0752. The van der Waals surface area contributed by atoms with Crippen molar-refractivity contribution in [3.63, 3.8) is 0 Å². The number of fused-ring (bicyclic) bond motifs is 3. The highest BCUT2D eigenvalue weighted by Crippen LogP contribution is 2.38. The summed E-state index contributed by atoms with van der Waals surface area (Å²) in [5.74, 6) is 0.781. The summed E-state index contributed by atoms with van der Waals surface area (Å²) in [5, 5.41) is 1.11. The molecule has 0 saturated heterocycles. The van der Waals surface area contributed by atoms with Crippen molar-refractivity contribution in [2.45, 2.75) is 46.5 Å². The fourth-order valence-electron chi connectivity index (χ4n) is 3.14. The first-order valence-corrected chi connectivity index (χ1v) is 7.05. The molecule has 0 unspecified atom stereocenters. The van der Waals surface area contributed by atoms with Crippen LogP contribution in [0.4, 0.5) is 0 Å². The maximum absolute atomic E-state index is 12.4. The molecule has 0 radical (unpaired) electrons. The van der Waals surface area contributed by atoms with E-state index in [2.05, 4.69) is 50.9 Å². The SMILES string of the molecule is CC(C)c1ccc2[nH]c3c(c2c1)C(=O)CC(C)(C)C3. The van der Waals surface area contributed by atoms with Crippen molar-refractivity contribution in [3.05, 3.63) is 35.0 Å². The number of aromatic amines is 1. The van der Waals surface area contributed by atoms with Gasteiger partial charge in [0.25, 0.3) is 0 Å². The van der Waals surface area contributed by atoms with Gasteiger partial charge in [-0.05, 0) is 35.4 Å². The van der Waals surface area contributed by atoms with Crippen LogP contribution < -0.4 is 0 Å². The molecule has 3 rings (SSSR count). The number of ketones is 1. The van der Waals surface area contributed by atoms with Crippen LogP contribution in [0.2, 0.25) is 0 Å². The molecule has 0 bridgehead atoms. The van der Waals surface area contributed by atoms with Crippen LogP contribution in [-0.2, 0) is 6.42 Å². The van der Waals surface area contributed by atoms with Gasteiger partial charge in [0.15, 0.2) is 5.78 Å². The molecule has 0 fully saturated rings. The van der Waals surface area contributed by atoms with Crippen LogP contribution in [-0.4, -0.2) is 10.8 Å². The lowest BCUT2D eigenvalue weighted by Crippen LogP contribution is -2.26. The lowest BCUT2D eigenvalue weighted by molar-refractivity contribution is 0.0913. The third-order valence-electron chi connectivity index (χ3n) is 4.14. The number of hydrogen-bond donors (Lipinski definition) is 1. The highest BCUT2D eigenvalue weighted by atomic mass is 16.1. The fraction of sp³-hybridized carbons (Fsp3) is 0.471. The second-order valence-corrected chi connectivity index (χ2v) is 6.88. The number of aromatic nitrogens is 1. The largest absolute Gasteiger partial charge is 0.358 e. The molecule has 0 amide bonds. The lowest BCUT2D eigenvalue weighted by atomic mass is 9.76. The molecule has 2 nitrogen and oxygen atoms in total. The van der Waals surface area contributed by atoms with E-state index in [1.807, 2.05) is 0 Å². The van der Waals surface area contributed by atoms with E-state index in [0.29, 0.717) is 18.1 Å². The molecule has 0 atom stereocenters. The second-order valence-electron chi connectivity index (χ2n) is 6.88. The van der Waals surface area contributed by atoms with Crippen molar-refractivity contribution in [2.24, 2.45) is 5.41 Å². The molecule has 0 spiro atoms. The minimum Gasteiger partial charge on any atom is -0.358 e. The molecule has 1 aromatic heterocycles. The van der Waals surface area contributed by atoms with Crippen molar-refractivity contribution in [3.8, 4) is 0 Å². The quantitative estimate of drug-likeness (QED) is 0.802. The predicted octanol–water partition coefficient (Wildman–Crippen LogP) is 4.45. The van der Waals surface area contributed by atoms with E-state index in [1.54, 1.807) is 0 Å². The molecular formula is C17H21NO. The van der Waals surface area contributed by atoms with E-state index in [1.165, 1.54) is 5.56 Å². The minimum absolute atomic E-state index is 0.0752. The van der Waals surface area contributed by atoms with E-state index in [0.717, 1.165) is 28.6 Å². The lowest BCUT2D eigenvalue weighted by Gasteiger charge is -2.28. The molecule has 19 heavy (non-hydrogen) atoms. The standard InChI is InChI=1S/C17H21NO/c1-10(2)11-5-6-13-12(7-11)16-14(18-13)8-17(3,4)9-15(16)19/h5-7,10,18H,8-9H2,1-4H3. The zero-order valence-electron chi connectivity index (χ0n) is 12.1. The Morgan fingerprint density at radius 2 is 1.95 bits per heavy atom. The zero-order valence-corrected chi connectivity index (χ0v) is 12.1. The van der Waals surface area contributed by atoms with Gasteiger partial charge in [0.05, 0.1) is 0 Å². The summed E-state index contributed by atoms with van der Waals surface area (Å²) in [5.41, 5.74) is 4.53. The van der Waals surface area contributed by atoms with Crippen molar-refractivity contribution in [1.29, 1.82) is 0 Å². The van der Waals surface area contributed by atoms with Crippen LogP contribution in [0, 0.1) is 5.41 Å². The summed E-state index contributed by atoms with van der Waals surface area (Å²) in [6, 6.07) is 6.46. The van der Waals surface area contributed by atoms with E-state index < -0.39 is 0 Å². The van der Waals surface area contributed by atoms with Crippen LogP contribution >= 0.6 is 0 Å². The van der Waals surface area contributed by atoms with Gasteiger partial charge in [-0.15, -0.1) is 0 Å². The average Bonchev–Trinajstić information content (AvgIpc) is 2.63. The summed E-state index contributed by atoms with van der Waals surface area (Å²) >= 11 is 0. The maximum atomic E-state index is 12.4. The monoisotopic (exact) mass is 255 g/mol. The molecule has 0 saturated carbocycles. The van der Waals surface area contributed by atoms with Crippen molar-refractivity contribution in [1.82, 2.24) is 4.98 Å². The first kappa shape index (κ1) is 12.5. The number of benzene rings is 1. The molecule has 1 aromatic carbocycles. The van der Waals surface area contributed by atoms with Gasteiger partial charge >= 0.3 is 0 Å². The molecule has 1 N–H and O–H groups in total. The number of nitrogens with one attached hydrogen (secondary N) is 1. The van der Waals surface area contributed by atoms with Gasteiger partial charge in [0.2, 0.25) is 0 Å². The van der Waals surface area contributed by atoms with Gasteiger partial charge in [0.1, 0.15) is 0 Å². The molecule has 0 aliphatic heterocycles. The zero-order chi connectivity index (χ0) is 13.8. The van der Waals surface area contributed by atoms with E-state index in [9.17, 15) is 4.79 Å². The van der Waals surface area contributed by atoms with Crippen molar-refractivity contribution in [2.75, 3.05) is 0 Å². The van der Waals surface area contributed by atoms with E-state index in [4.69, 9.17) is 0 Å². The van der Waals surface area contributed by atoms with Gasteiger partial charge < -0.3 is 4.98 Å². The van der Waals surface area contributed by atoms with Gasteiger partial charge in [-0.1, -0.05) is 33.8 Å². The molecule has 2 heteroatoms. The number of carbonyl (C=O) groups excluding carboxylic acids is 1. The summed E-state index contributed by atoms with van der Waals surface area (Å²) in [4.78, 5) is 15.9. The van der Waals surface area contributed by atoms with Gasteiger partial charge in [0, 0.05) is 28.6 Å². The number of rotatable bonds is 1. The smallest absolute Gasteiger partial charge is 0.165 e. The summed E-state index contributed by atoms with van der Waals surface area (Å²) < 4.78 is 0. The number of hydrogen-bond acceptors (Lipinski definition) is 1. The molecule has 100 valence electrons. The first-order chi connectivity index (χ1) is 8.87. The summed E-state index contributed by atoms with van der Waals surface area (Å²) in [6.45, 7) is 8.70. The highest BCUT2D eigenvalue weighted by molar-refractivity contribution is 6.10. The number of Topliss-reactive ketones (excluding diaryl/α,β-unsaturated/α-hetero) is 1. The average molecular weight is 255 g/mol. The van der Waals surface area contributed by atoms with Crippen LogP contribution in [0.3, 0.4) is 0 Å². The van der Waals surface area contributed by atoms with E-state index >= 15 is 0 Å². The molecule has 1 heterocycles. The Balaban J connectivity index is 2.23. The van der Waals surface area contributed by atoms with Gasteiger partial charge in [-0.3, -0.25) is 4.79 Å². The second kappa shape index (κ2) is 3.96. The third kappa shape index (κ3) is 1.99. The van der Waals surface area contributed by atoms with Crippen LogP contribution in [0.25, 0.3) is 10.9 Å². The predicted molar refractivity (Wildman–Crippen MR) is 78.8 cm³/mol. The Bertz CT molecular complexity index is 661. The van der Waals surface area contributed by atoms with Crippen molar-refractivity contribution < 1.29 is 4.79 Å². The summed E-state index contributed by atoms with van der Waals surface area (Å²) in [6.07, 6.45) is 1.61. The Labute approximate surface area is 114 Å². The van der Waals surface area contributed by atoms with Gasteiger partial charge in [-0.25, -0.2) is 0 Å². The number of H-pyrrole nitrogens is 1. The van der Waals surface area contributed by atoms with Crippen molar-refractivity contribution >= 4 is 16.7 Å². The number of carbonyl (C=O) groups is 1. The normalized spacial score (nSPS) is 18.1. The Kier molecular flexibility index (Phi) is 2.60. The maximum Gasteiger partial charge on any atom is 0.165 e. The third-order valence-corrected chi connectivity index (χ3v) is 4.14. The molecular weight excluding hydrogens is 234 g/mol. The molecule has 1 aliphatic rings. The molecule has 1 aliphatic carbocycles. The van der Waals surface area contributed by atoms with Crippen LogP contribution in [0.15, 0.2) is 18.2 Å². The van der Waals surface area contributed by atoms with Crippen LogP contribution in [0.1, 0.15) is 61.6 Å². The fourth-order valence-corrected chi connectivity index (χ4v) is 3.14. The van der Waals surface area contributed by atoms with Crippen LogP contribution in [0.5, 0.6) is 0 Å². The summed E-state index contributed by atoms with van der Waals surface area (Å²) in [7, 11) is 0. The first-order valence-electron chi connectivity index (χ1n) is 7.05. The van der Waals surface area contributed by atoms with Gasteiger partial charge in [-0.2, -0.15) is 0 Å². The van der Waals surface area contributed by atoms with E-state index in [-0.39, 0.29) is 5.41 Å². The molecule has 2 aromatic rings. The Hall–Kier alpha value is -1.57. The highest BCUT2D eigenvalue weighted by Gasteiger charge is 2.33. The Morgan fingerprint density at radius 3 is 2.63 bits per heavy atom.